The van der Waals surface area contributed by atoms with E-state index in [4.69, 9.17) is 0 Å². The lowest BCUT2D eigenvalue weighted by Gasteiger charge is -2.26. The number of fused-ring (bicyclic) bond motifs is 1. The highest BCUT2D eigenvalue weighted by Crippen LogP contribution is 2.38. The summed E-state index contributed by atoms with van der Waals surface area (Å²) < 4.78 is 27.9. The Kier molecular flexibility index (Phi) is 4.04. The fourth-order valence-electron chi connectivity index (χ4n) is 4.04. The van der Waals surface area contributed by atoms with Crippen molar-refractivity contribution in [3.8, 4) is 0 Å². The monoisotopic (exact) mass is 342 g/mol. The summed E-state index contributed by atoms with van der Waals surface area (Å²) in [6.45, 7) is 1.90. The first-order chi connectivity index (χ1) is 12.1. The molecule has 0 saturated carbocycles. The summed E-state index contributed by atoms with van der Waals surface area (Å²) in [5.41, 5.74) is 1.88. The molecule has 2 aliphatic rings. The van der Waals surface area contributed by atoms with E-state index in [1.54, 1.807) is 0 Å². The number of rotatable bonds is 2. The van der Waals surface area contributed by atoms with Gasteiger partial charge in [0.1, 0.15) is 11.6 Å². The maximum atomic E-state index is 13.9. The third-order valence-corrected chi connectivity index (χ3v) is 5.44. The number of amides is 1. The molecule has 1 fully saturated rings. The lowest BCUT2D eigenvalue weighted by atomic mass is 9.80. The van der Waals surface area contributed by atoms with Crippen LogP contribution in [0.1, 0.15) is 23.1 Å². The summed E-state index contributed by atoms with van der Waals surface area (Å²) in [4.78, 5) is 14.7. The molecule has 2 aromatic carbocycles. The van der Waals surface area contributed by atoms with Gasteiger partial charge in [-0.25, -0.2) is 8.78 Å². The average Bonchev–Trinajstić information content (AvgIpc) is 2.95. The molecule has 1 amide bonds. The largest absolute Gasteiger partial charge is 0.351 e. The second kappa shape index (κ2) is 6.23. The number of halogens is 2. The molecule has 0 bridgehead atoms. The van der Waals surface area contributed by atoms with E-state index < -0.39 is 17.0 Å². The number of carbonyl (C=O) groups excluding carboxylic acids is 1. The van der Waals surface area contributed by atoms with Gasteiger partial charge in [-0.2, -0.15) is 0 Å². The Labute approximate surface area is 145 Å². The molecule has 130 valence electrons. The molecule has 2 aliphatic heterocycles. The number of hydrogen-bond donors (Lipinski definition) is 1. The minimum Gasteiger partial charge on any atom is -0.351 e. The lowest BCUT2D eigenvalue weighted by molar-refractivity contribution is -0.130. The van der Waals surface area contributed by atoms with Gasteiger partial charge in [0.05, 0.1) is 5.41 Å². The standard InChI is InChI=1S/C20H20F2N2O/c21-17-6-3-7-18(22)16(17)12-24-9-8-20(13-24)10-14-4-1-2-5-15(14)11-23-19(20)25/h1-7H,8-13H2,(H,23,25). The summed E-state index contributed by atoms with van der Waals surface area (Å²) in [7, 11) is 0. The summed E-state index contributed by atoms with van der Waals surface area (Å²) in [5.74, 6) is -1.02. The first-order valence-corrected chi connectivity index (χ1v) is 8.58. The van der Waals surface area contributed by atoms with Crippen LogP contribution < -0.4 is 5.32 Å². The molecule has 1 saturated heterocycles. The molecule has 2 aromatic rings. The van der Waals surface area contributed by atoms with E-state index in [-0.39, 0.29) is 18.0 Å². The molecule has 0 aliphatic carbocycles. The van der Waals surface area contributed by atoms with Crippen LogP contribution in [0.3, 0.4) is 0 Å². The highest BCUT2D eigenvalue weighted by atomic mass is 19.1. The molecule has 4 rings (SSSR count). The predicted molar refractivity (Wildman–Crippen MR) is 90.7 cm³/mol. The Morgan fingerprint density at radius 2 is 1.76 bits per heavy atom. The zero-order chi connectivity index (χ0) is 17.4. The predicted octanol–water partition coefficient (Wildman–Crippen LogP) is 3.03. The van der Waals surface area contributed by atoms with Crippen molar-refractivity contribution in [1.82, 2.24) is 10.2 Å². The van der Waals surface area contributed by atoms with Crippen molar-refractivity contribution in [3.05, 3.63) is 70.8 Å². The Bertz CT molecular complexity index is 803. The average molecular weight is 342 g/mol. The maximum absolute atomic E-state index is 13.9. The molecular weight excluding hydrogens is 322 g/mol. The first-order valence-electron chi connectivity index (χ1n) is 8.58. The molecule has 1 spiro atoms. The minimum atomic E-state index is -0.531. The van der Waals surface area contributed by atoms with E-state index >= 15 is 0 Å². The number of nitrogens with one attached hydrogen (secondary N) is 1. The van der Waals surface area contributed by atoms with Crippen LogP contribution in [0.15, 0.2) is 42.5 Å². The number of benzene rings is 2. The molecular formula is C20H20F2N2O. The SMILES string of the molecule is O=C1NCc2ccccc2CC12CCN(Cc1c(F)cccc1F)C2. The molecule has 0 aromatic heterocycles. The molecule has 2 heterocycles. The Morgan fingerprint density at radius 1 is 1.04 bits per heavy atom. The van der Waals surface area contributed by atoms with Gasteiger partial charge in [0, 0.05) is 25.2 Å². The van der Waals surface area contributed by atoms with Crippen LogP contribution in [0, 0.1) is 17.0 Å². The van der Waals surface area contributed by atoms with Crippen molar-refractivity contribution < 1.29 is 13.6 Å². The molecule has 1 atom stereocenters. The topological polar surface area (TPSA) is 32.3 Å². The van der Waals surface area contributed by atoms with E-state index in [1.807, 2.05) is 23.1 Å². The van der Waals surface area contributed by atoms with E-state index in [1.165, 1.54) is 23.8 Å². The molecule has 3 nitrogen and oxygen atoms in total. The van der Waals surface area contributed by atoms with E-state index in [0.717, 1.165) is 5.56 Å². The molecule has 5 heteroatoms. The van der Waals surface area contributed by atoms with Crippen LogP contribution in [0.2, 0.25) is 0 Å². The van der Waals surface area contributed by atoms with Crippen LogP contribution in [-0.4, -0.2) is 23.9 Å². The van der Waals surface area contributed by atoms with Gasteiger partial charge in [0.15, 0.2) is 0 Å². The number of nitrogens with zero attached hydrogens (tertiary/aromatic N) is 1. The van der Waals surface area contributed by atoms with Gasteiger partial charge in [-0.1, -0.05) is 30.3 Å². The van der Waals surface area contributed by atoms with Crippen LogP contribution in [0.4, 0.5) is 8.78 Å². The van der Waals surface area contributed by atoms with Crippen molar-refractivity contribution in [2.45, 2.75) is 25.9 Å². The lowest BCUT2D eigenvalue weighted by Crippen LogP contribution is -2.42. The summed E-state index contributed by atoms with van der Waals surface area (Å²) in [6.07, 6.45) is 1.37. The van der Waals surface area contributed by atoms with Crippen molar-refractivity contribution in [3.63, 3.8) is 0 Å². The first kappa shape index (κ1) is 16.2. The van der Waals surface area contributed by atoms with Crippen LogP contribution >= 0.6 is 0 Å². The maximum Gasteiger partial charge on any atom is 0.228 e. The van der Waals surface area contributed by atoms with Gasteiger partial charge in [0.2, 0.25) is 5.91 Å². The van der Waals surface area contributed by atoms with Crippen LogP contribution in [0.25, 0.3) is 0 Å². The van der Waals surface area contributed by atoms with Gasteiger partial charge in [-0.05, 0) is 42.6 Å². The fraction of sp³-hybridized carbons (Fsp3) is 0.350. The fourth-order valence-corrected chi connectivity index (χ4v) is 4.04. The smallest absolute Gasteiger partial charge is 0.228 e. The Balaban J connectivity index is 1.57. The normalized spacial score (nSPS) is 23.4. The molecule has 25 heavy (non-hydrogen) atoms. The van der Waals surface area contributed by atoms with Gasteiger partial charge in [-0.15, -0.1) is 0 Å². The second-order valence-electron chi connectivity index (χ2n) is 7.07. The molecule has 1 unspecified atom stereocenters. The minimum absolute atomic E-state index is 0.0419. The Morgan fingerprint density at radius 3 is 2.52 bits per heavy atom. The number of hydrogen-bond acceptors (Lipinski definition) is 2. The Hall–Kier alpha value is -2.27. The zero-order valence-electron chi connectivity index (χ0n) is 13.9. The molecule has 0 radical (unpaired) electrons. The highest BCUT2D eigenvalue weighted by Gasteiger charge is 2.45. The van der Waals surface area contributed by atoms with E-state index in [0.29, 0.717) is 32.5 Å². The second-order valence-corrected chi connectivity index (χ2v) is 7.07. The van der Waals surface area contributed by atoms with Crippen molar-refractivity contribution in [2.24, 2.45) is 5.41 Å². The highest BCUT2D eigenvalue weighted by molar-refractivity contribution is 5.84. The zero-order valence-corrected chi connectivity index (χ0v) is 13.9. The van der Waals surface area contributed by atoms with Crippen molar-refractivity contribution in [2.75, 3.05) is 13.1 Å². The van der Waals surface area contributed by atoms with Gasteiger partial charge in [0.25, 0.3) is 0 Å². The van der Waals surface area contributed by atoms with E-state index in [2.05, 4.69) is 11.4 Å². The van der Waals surface area contributed by atoms with Crippen molar-refractivity contribution in [1.29, 1.82) is 0 Å². The third kappa shape index (κ3) is 2.93. The van der Waals surface area contributed by atoms with Gasteiger partial charge in [-0.3, -0.25) is 9.69 Å². The number of likely N-dealkylation sites (tertiary alicyclic amines) is 1. The summed E-state index contributed by atoms with van der Waals surface area (Å²) >= 11 is 0. The van der Waals surface area contributed by atoms with Crippen LogP contribution in [-0.2, 0) is 24.3 Å². The van der Waals surface area contributed by atoms with Gasteiger partial charge < -0.3 is 5.32 Å². The molecule has 1 N–H and O–H groups in total. The number of carbonyl (C=O) groups is 1. The van der Waals surface area contributed by atoms with E-state index in [9.17, 15) is 13.6 Å². The summed E-state index contributed by atoms with van der Waals surface area (Å²) in [6, 6.07) is 12.0. The van der Waals surface area contributed by atoms with Crippen molar-refractivity contribution >= 4 is 5.91 Å². The van der Waals surface area contributed by atoms with Crippen LogP contribution in [0.5, 0.6) is 0 Å². The van der Waals surface area contributed by atoms with Gasteiger partial charge >= 0.3 is 0 Å². The summed E-state index contributed by atoms with van der Waals surface area (Å²) in [5, 5.41) is 3.03. The quantitative estimate of drug-likeness (QED) is 0.910. The third-order valence-electron chi connectivity index (χ3n) is 5.44.